The number of nitrogens with zero attached hydrogens (tertiary/aromatic N) is 2. The van der Waals surface area contributed by atoms with Crippen molar-refractivity contribution in [2.75, 3.05) is 5.32 Å². The van der Waals surface area contributed by atoms with Gasteiger partial charge in [-0.1, -0.05) is 35.6 Å². The number of carbonyl (C=O) groups excluding carboxylic acids is 1. The fourth-order valence-corrected chi connectivity index (χ4v) is 3.69. The minimum Gasteiger partial charge on any atom is -0.326 e. The van der Waals surface area contributed by atoms with Crippen molar-refractivity contribution in [1.82, 2.24) is 9.97 Å². The first-order chi connectivity index (χ1) is 12.7. The Balaban J connectivity index is 1.47. The Kier molecular flexibility index (Phi) is 4.46. The monoisotopic (exact) mass is 359 g/mol. The molecule has 0 radical (unpaired) electrons. The van der Waals surface area contributed by atoms with Crippen LogP contribution in [0.15, 0.2) is 66.9 Å². The molecule has 0 fully saturated rings. The maximum atomic E-state index is 12.3. The Morgan fingerprint density at radius 2 is 1.85 bits per heavy atom. The van der Waals surface area contributed by atoms with Crippen LogP contribution in [0.3, 0.4) is 0 Å². The van der Waals surface area contributed by atoms with Gasteiger partial charge in [-0.15, -0.1) is 0 Å². The summed E-state index contributed by atoms with van der Waals surface area (Å²) in [5, 5.41) is 3.88. The molecule has 0 aliphatic rings. The molecule has 26 heavy (non-hydrogen) atoms. The van der Waals surface area contributed by atoms with Crippen molar-refractivity contribution in [3.63, 3.8) is 0 Å². The van der Waals surface area contributed by atoms with Crippen molar-refractivity contribution in [3.05, 3.63) is 78.0 Å². The Hall–Kier alpha value is -3.05. The second kappa shape index (κ2) is 7.06. The number of carbonyl (C=O) groups is 1. The molecular weight excluding hydrogens is 342 g/mol. The molecule has 0 bridgehead atoms. The van der Waals surface area contributed by atoms with Crippen molar-refractivity contribution < 1.29 is 4.79 Å². The van der Waals surface area contributed by atoms with Crippen LogP contribution in [-0.4, -0.2) is 15.9 Å². The normalized spacial score (nSPS) is 10.8. The zero-order valence-corrected chi connectivity index (χ0v) is 15.1. The number of hydrogen-bond donors (Lipinski definition) is 1. The van der Waals surface area contributed by atoms with Crippen molar-refractivity contribution in [2.24, 2.45) is 0 Å². The van der Waals surface area contributed by atoms with E-state index in [9.17, 15) is 4.79 Å². The summed E-state index contributed by atoms with van der Waals surface area (Å²) < 4.78 is 0. The van der Waals surface area contributed by atoms with Crippen LogP contribution in [0.1, 0.15) is 11.1 Å². The van der Waals surface area contributed by atoms with Crippen molar-refractivity contribution in [2.45, 2.75) is 13.3 Å². The van der Waals surface area contributed by atoms with Gasteiger partial charge >= 0.3 is 0 Å². The zero-order valence-electron chi connectivity index (χ0n) is 14.3. The number of benzene rings is 2. The number of pyridine rings is 1. The minimum absolute atomic E-state index is 0.0174. The van der Waals surface area contributed by atoms with E-state index in [1.54, 1.807) is 17.5 Å². The molecule has 1 amide bonds. The summed E-state index contributed by atoms with van der Waals surface area (Å²) in [5.41, 5.74) is 4.88. The Morgan fingerprint density at radius 1 is 1.04 bits per heavy atom. The van der Waals surface area contributed by atoms with Crippen LogP contribution in [0.4, 0.5) is 5.69 Å². The number of rotatable bonds is 4. The number of amides is 1. The average Bonchev–Trinajstić information content (AvgIpc) is 3.08. The number of aromatic nitrogens is 2. The van der Waals surface area contributed by atoms with Crippen LogP contribution >= 0.6 is 11.3 Å². The summed E-state index contributed by atoms with van der Waals surface area (Å²) in [5.74, 6) is -0.0174. The minimum atomic E-state index is -0.0174. The molecule has 2 heterocycles. The van der Waals surface area contributed by atoms with Crippen LogP contribution in [0.25, 0.3) is 20.9 Å². The van der Waals surface area contributed by atoms with E-state index >= 15 is 0 Å². The third-order valence-electron chi connectivity index (χ3n) is 4.19. The Labute approximate surface area is 155 Å². The highest BCUT2D eigenvalue weighted by atomic mass is 32.1. The fourth-order valence-electron chi connectivity index (χ4n) is 2.78. The molecule has 0 saturated heterocycles. The summed E-state index contributed by atoms with van der Waals surface area (Å²) in [6.45, 7) is 2.02. The molecule has 4 aromatic rings. The molecule has 0 atom stereocenters. The predicted molar refractivity (Wildman–Crippen MR) is 106 cm³/mol. The highest BCUT2D eigenvalue weighted by Crippen LogP contribution is 2.29. The van der Waals surface area contributed by atoms with Gasteiger partial charge in [-0.2, -0.15) is 0 Å². The summed E-state index contributed by atoms with van der Waals surface area (Å²) in [6.07, 6.45) is 2.15. The summed E-state index contributed by atoms with van der Waals surface area (Å²) >= 11 is 1.56. The van der Waals surface area contributed by atoms with Crippen LogP contribution in [-0.2, 0) is 11.2 Å². The lowest BCUT2D eigenvalue weighted by molar-refractivity contribution is -0.115. The molecule has 1 N–H and O–H groups in total. The zero-order chi connectivity index (χ0) is 17.9. The molecule has 4 rings (SSSR count). The van der Waals surface area contributed by atoms with E-state index in [-0.39, 0.29) is 5.91 Å². The highest BCUT2D eigenvalue weighted by molar-refractivity contribution is 7.21. The topological polar surface area (TPSA) is 54.9 Å². The summed E-state index contributed by atoms with van der Waals surface area (Å²) in [7, 11) is 0. The second-order valence-corrected chi connectivity index (χ2v) is 7.05. The van der Waals surface area contributed by atoms with Gasteiger partial charge in [-0.25, -0.2) is 9.97 Å². The van der Waals surface area contributed by atoms with Gasteiger partial charge in [0.15, 0.2) is 0 Å². The molecule has 4 nitrogen and oxygen atoms in total. The highest BCUT2D eigenvalue weighted by Gasteiger charge is 2.09. The van der Waals surface area contributed by atoms with E-state index < -0.39 is 0 Å². The van der Waals surface area contributed by atoms with Gasteiger partial charge in [-0.3, -0.25) is 4.79 Å². The van der Waals surface area contributed by atoms with E-state index in [1.807, 2.05) is 67.6 Å². The lowest BCUT2D eigenvalue weighted by Crippen LogP contribution is -2.14. The van der Waals surface area contributed by atoms with Crippen molar-refractivity contribution in [3.8, 4) is 10.6 Å². The number of aryl methyl sites for hydroxylation is 1. The van der Waals surface area contributed by atoms with Gasteiger partial charge in [0.1, 0.15) is 15.4 Å². The third-order valence-corrected chi connectivity index (χ3v) is 5.22. The number of nitrogens with one attached hydrogen (secondary N) is 1. The fraction of sp³-hybridized carbons (Fsp3) is 0.0952. The molecule has 2 aromatic heterocycles. The van der Waals surface area contributed by atoms with Crippen molar-refractivity contribution in [1.29, 1.82) is 0 Å². The number of anilines is 1. The Bertz CT molecular complexity index is 1040. The van der Waals surface area contributed by atoms with Gasteiger partial charge < -0.3 is 5.32 Å². The van der Waals surface area contributed by atoms with Gasteiger partial charge in [0, 0.05) is 17.4 Å². The molecule has 128 valence electrons. The standard InChI is InChI=1S/C21H17N3OS/c1-14-5-2-3-6-16(14)13-19(25)23-17-10-8-15(9-11-17)20-24-18-7-4-12-22-21(18)26-20/h2-12H,13H2,1H3,(H,23,25). The van der Waals surface area contributed by atoms with Gasteiger partial charge in [-0.05, 0) is 54.4 Å². The van der Waals surface area contributed by atoms with Crippen molar-refractivity contribution >= 4 is 33.3 Å². The lowest BCUT2D eigenvalue weighted by atomic mass is 10.1. The quantitative estimate of drug-likeness (QED) is 0.567. The molecule has 0 aliphatic carbocycles. The largest absolute Gasteiger partial charge is 0.326 e. The first-order valence-electron chi connectivity index (χ1n) is 8.35. The molecule has 0 saturated carbocycles. The lowest BCUT2D eigenvalue weighted by Gasteiger charge is -2.08. The molecule has 2 aromatic carbocycles. The average molecular weight is 359 g/mol. The molecule has 0 unspecified atom stereocenters. The van der Waals surface area contributed by atoms with Crippen LogP contribution < -0.4 is 5.32 Å². The van der Waals surface area contributed by atoms with Crippen LogP contribution in [0.5, 0.6) is 0 Å². The number of thiazole rings is 1. The Morgan fingerprint density at radius 3 is 2.62 bits per heavy atom. The predicted octanol–water partition coefficient (Wildman–Crippen LogP) is 4.85. The van der Waals surface area contributed by atoms with Crippen LogP contribution in [0, 0.1) is 6.92 Å². The summed E-state index contributed by atoms with van der Waals surface area (Å²) in [6, 6.07) is 19.5. The molecular formula is C21H17N3OS. The maximum absolute atomic E-state index is 12.3. The van der Waals surface area contributed by atoms with Gasteiger partial charge in [0.05, 0.1) is 6.42 Å². The maximum Gasteiger partial charge on any atom is 0.228 e. The first kappa shape index (κ1) is 16.4. The molecule has 5 heteroatoms. The van der Waals surface area contributed by atoms with E-state index in [1.165, 1.54) is 0 Å². The first-order valence-corrected chi connectivity index (χ1v) is 9.17. The molecule has 0 spiro atoms. The number of fused-ring (bicyclic) bond motifs is 1. The second-order valence-electron chi connectivity index (χ2n) is 6.08. The van der Waals surface area contributed by atoms with E-state index in [0.717, 1.165) is 37.7 Å². The van der Waals surface area contributed by atoms with Gasteiger partial charge in [0.25, 0.3) is 0 Å². The third kappa shape index (κ3) is 3.48. The molecule has 0 aliphatic heterocycles. The number of hydrogen-bond acceptors (Lipinski definition) is 4. The SMILES string of the molecule is Cc1ccccc1CC(=O)Nc1ccc(-c2nc3cccnc3s2)cc1. The summed E-state index contributed by atoms with van der Waals surface area (Å²) in [4.78, 5) is 22.1. The van der Waals surface area contributed by atoms with E-state index in [4.69, 9.17) is 0 Å². The van der Waals surface area contributed by atoms with Crippen LogP contribution in [0.2, 0.25) is 0 Å². The van der Waals surface area contributed by atoms with E-state index in [2.05, 4.69) is 15.3 Å². The van der Waals surface area contributed by atoms with E-state index in [0.29, 0.717) is 6.42 Å². The smallest absolute Gasteiger partial charge is 0.228 e. The van der Waals surface area contributed by atoms with Gasteiger partial charge in [0.2, 0.25) is 5.91 Å².